The molecule has 3 rings (SSSR count). The Balaban J connectivity index is 1.95. The molecule has 2 aromatic carbocycles. The van der Waals surface area contributed by atoms with Crippen molar-refractivity contribution in [2.75, 3.05) is 6.61 Å². The number of halogens is 1. The van der Waals surface area contributed by atoms with Crippen LogP contribution in [0.15, 0.2) is 70.7 Å². The monoisotopic (exact) mass is 414 g/mol. The summed E-state index contributed by atoms with van der Waals surface area (Å²) in [6.45, 7) is 2.18. The van der Waals surface area contributed by atoms with Gasteiger partial charge in [-0.2, -0.15) is 0 Å². The maximum Gasteiger partial charge on any atom is 0.345 e. The van der Waals surface area contributed by atoms with E-state index in [1.54, 1.807) is 19.1 Å². The second-order valence-corrected chi connectivity index (χ2v) is 7.35. The van der Waals surface area contributed by atoms with E-state index in [4.69, 9.17) is 16.3 Å². The van der Waals surface area contributed by atoms with Gasteiger partial charge in [0.05, 0.1) is 19.3 Å². The molecule has 0 amide bonds. The average molecular weight is 415 g/mol. The molecule has 0 saturated carbocycles. The molecule has 0 unspecified atom stereocenters. The number of aromatic nitrogens is 2. The summed E-state index contributed by atoms with van der Waals surface area (Å²) in [6.07, 6.45) is 1.30. The smallest absolute Gasteiger partial charge is 0.345 e. The number of carbonyl (C=O) groups excluding carboxylic acids is 1. The molecule has 0 saturated heterocycles. The third-order valence-corrected chi connectivity index (χ3v) is 5.28. The molecule has 3 aromatic rings. The van der Waals surface area contributed by atoms with Crippen LogP contribution in [-0.2, 0) is 17.0 Å². The molecular weight excluding hydrogens is 396 g/mol. The van der Waals surface area contributed by atoms with Crippen LogP contribution in [0.4, 0.5) is 0 Å². The van der Waals surface area contributed by atoms with Crippen LogP contribution >= 0.6 is 23.4 Å². The number of esters is 1. The van der Waals surface area contributed by atoms with E-state index in [0.29, 0.717) is 15.9 Å². The van der Waals surface area contributed by atoms with Crippen LogP contribution in [0.25, 0.3) is 0 Å². The minimum Gasteiger partial charge on any atom is -0.462 e. The summed E-state index contributed by atoms with van der Waals surface area (Å²) >= 11 is 7.39. The van der Waals surface area contributed by atoms with Crippen molar-refractivity contribution in [3.05, 3.63) is 92.9 Å². The van der Waals surface area contributed by atoms with Crippen molar-refractivity contribution >= 4 is 29.3 Å². The number of hydrogen-bond acceptors (Lipinski definition) is 5. The van der Waals surface area contributed by atoms with E-state index in [-0.39, 0.29) is 18.7 Å². The summed E-state index contributed by atoms with van der Waals surface area (Å²) in [5.74, 6) is -0.00316. The van der Waals surface area contributed by atoms with Crippen molar-refractivity contribution in [1.29, 1.82) is 0 Å². The van der Waals surface area contributed by atoms with E-state index in [9.17, 15) is 9.59 Å². The highest BCUT2D eigenvalue weighted by atomic mass is 35.5. The van der Waals surface area contributed by atoms with Gasteiger partial charge in [0.1, 0.15) is 5.56 Å². The minimum atomic E-state index is -0.663. The van der Waals surface area contributed by atoms with Crippen LogP contribution in [0, 0.1) is 0 Å². The first-order valence-electron chi connectivity index (χ1n) is 8.76. The van der Waals surface area contributed by atoms with Gasteiger partial charge in [-0.25, -0.2) is 9.78 Å². The maximum absolute atomic E-state index is 13.0. The number of benzene rings is 2. The molecule has 1 aromatic heterocycles. The Labute approximate surface area is 172 Å². The van der Waals surface area contributed by atoms with Crippen LogP contribution in [0.5, 0.6) is 0 Å². The lowest BCUT2D eigenvalue weighted by atomic mass is 10.2. The Bertz CT molecular complexity index is 1000. The first-order valence-corrected chi connectivity index (χ1v) is 10.1. The fraction of sp³-hybridized carbons (Fsp3) is 0.190. The zero-order valence-corrected chi connectivity index (χ0v) is 16.9. The second kappa shape index (κ2) is 9.57. The minimum absolute atomic E-state index is 0.0696. The average Bonchev–Trinajstić information content (AvgIpc) is 2.71. The Morgan fingerprint density at radius 2 is 1.82 bits per heavy atom. The molecule has 0 bridgehead atoms. The lowest BCUT2D eigenvalue weighted by Gasteiger charge is -2.13. The number of nitrogens with zero attached hydrogens (tertiary/aromatic N) is 2. The predicted molar refractivity (Wildman–Crippen MR) is 111 cm³/mol. The van der Waals surface area contributed by atoms with Gasteiger partial charge in [-0.3, -0.25) is 9.36 Å². The Morgan fingerprint density at radius 1 is 1.11 bits per heavy atom. The molecule has 0 aliphatic carbocycles. The zero-order chi connectivity index (χ0) is 19.9. The van der Waals surface area contributed by atoms with Crippen molar-refractivity contribution in [2.24, 2.45) is 0 Å². The van der Waals surface area contributed by atoms with E-state index in [2.05, 4.69) is 4.98 Å². The summed E-state index contributed by atoms with van der Waals surface area (Å²) in [6, 6.07) is 17.1. The van der Waals surface area contributed by atoms with Crippen molar-refractivity contribution < 1.29 is 9.53 Å². The van der Waals surface area contributed by atoms with Crippen LogP contribution in [0.2, 0.25) is 5.02 Å². The van der Waals surface area contributed by atoms with Gasteiger partial charge in [0.15, 0.2) is 5.16 Å². The molecule has 28 heavy (non-hydrogen) atoms. The molecule has 0 radical (unpaired) electrons. The Hall–Kier alpha value is -2.57. The number of hydrogen-bond donors (Lipinski definition) is 0. The van der Waals surface area contributed by atoms with Crippen LogP contribution in [0.1, 0.15) is 28.4 Å². The molecular formula is C21H19ClN2O3S. The molecule has 144 valence electrons. The Morgan fingerprint density at radius 3 is 2.50 bits per heavy atom. The normalized spacial score (nSPS) is 10.6. The molecule has 7 heteroatoms. The standard InChI is InChI=1S/C21H19ClN2O3S/c1-2-27-20(26)18-12-23-21(28-14-16-6-4-3-5-7-16)24(19(18)25)13-15-8-10-17(22)11-9-15/h3-12H,2,13-14H2,1H3. The highest BCUT2D eigenvalue weighted by Crippen LogP contribution is 2.21. The molecule has 1 heterocycles. The lowest BCUT2D eigenvalue weighted by Crippen LogP contribution is -2.30. The highest BCUT2D eigenvalue weighted by molar-refractivity contribution is 7.98. The Kier molecular flexibility index (Phi) is 6.90. The number of ether oxygens (including phenoxy) is 1. The first-order chi connectivity index (χ1) is 13.6. The van der Waals surface area contributed by atoms with Gasteiger partial charge in [-0.1, -0.05) is 65.8 Å². The molecule has 0 spiro atoms. The quantitative estimate of drug-likeness (QED) is 0.325. The van der Waals surface area contributed by atoms with E-state index < -0.39 is 11.5 Å². The highest BCUT2D eigenvalue weighted by Gasteiger charge is 2.18. The van der Waals surface area contributed by atoms with Crippen LogP contribution in [0.3, 0.4) is 0 Å². The lowest BCUT2D eigenvalue weighted by molar-refractivity contribution is 0.0522. The van der Waals surface area contributed by atoms with Gasteiger partial charge in [0, 0.05) is 10.8 Å². The summed E-state index contributed by atoms with van der Waals surface area (Å²) in [5.41, 5.74) is 1.52. The van der Waals surface area contributed by atoms with Crippen molar-refractivity contribution in [3.63, 3.8) is 0 Å². The van der Waals surface area contributed by atoms with Crippen molar-refractivity contribution in [1.82, 2.24) is 9.55 Å². The van der Waals surface area contributed by atoms with Gasteiger partial charge in [-0.05, 0) is 30.2 Å². The molecule has 0 fully saturated rings. The van der Waals surface area contributed by atoms with Crippen LogP contribution < -0.4 is 5.56 Å². The summed E-state index contributed by atoms with van der Waals surface area (Å²) < 4.78 is 6.49. The maximum atomic E-state index is 13.0. The van der Waals surface area contributed by atoms with E-state index in [0.717, 1.165) is 11.1 Å². The molecule has 0 aliphatic heterocycles. The third-order valence-electron chi connectivity index (χ3n) is 3.97. The number of carbonyl (C=O) groups is 1. The predicted octanol–water partition coefficient (Wildman–Crippen LogP) is 4.41. The largest absolute Gasteiger partial charge is 0.462 e. The van der Waals surface area contributed by atoms with Gasteiger partial charge >= 0.3 is 5.97 Å². The molecule has 0 atom stereocenters. The summed E-state index contributed by atoms with van der Waals surface area (Å²) in [7, 11) is 0. The molecule has 0 aliphatic rings. The van der Waals surface area contributed by atoms with E-state index in [1.165, 1.54) is 22.5 Å². The van der Waals surface area contributed by atoms with Gasteiger partial charge in [0.25, 0.3) is 5.56 Å². The fourth-order valence-corrected chi connectivity index (χ4v) is 3.62. The molecule has 5 nitrogen and oxygen atoms in total. The van der Waals surface area contributed by atoms with Crippen molar-refractivity contribution in [3.8, 4) is 0 Å². The summed E-state index contributed by atoms with van der Waals surface area (Å²) in [5, 5.41) is 1.16. The second-order valence-electron chi connectivity index (χ2n) is 5.97. The molecule has 0 N–H and O–H groups in total. The SMILES string of the molecule is CCOC(=O)c1cnc(SCc2ccccc2)n(Cc2ccc(Cl)cc2)c1=O. The zero-order valence-electron chi connectivity index (χ0n) is 15.3. The van der Waals surface area contributed by atoms with E-state index >= 15 is 0 Å². The topological polar surface area (TPSA) is 61.2 Å². The van der Waals surface area contributed by atoms with Crippen molar-refractivity contribution in [2.45, 2.75) is 24.4 Å². The third kappa shape index (κ3) is 5.03. The van der Waals surface area contributed by atoms with Gasteiger partial charge < -0.3 is 4.74 Å². The van der Waals surface area contributed by atoms with Crippen LogP contribution in [-0.4, -0.2) is 22.1 Å². The number of thioether (sulfide) groups is 1. The number of rotatable bonds is 7. The summed E-state index contributed by atoms with van der Waals surface area (Å²) in [4.78, 5) is 29.4. The van der Waals surface area contributed by atoms with Gasteiger partial charge in [-0.15, -0.1) is 0 Å². The fourth-order valence-electron chi connectivity index (χ4n) is 2.57. The first kappa shape index (κ1) is 20.2. The van der Waals surface area contributed by atoms with E-state index in [1.807, 2.05) is 42.5 Å². The van der Waals surface area contributed by atoms with Gasteiger partial charge in [0.2, 0.25) is 0 Å².